The topological polar surface area (TPSA) is 81.9 Å². The van der Waals surface area contributed by atoms with Crippen LogP contribution in [0, 0.1) is 24.0 Å². The van der Waals surface area contributed by atoms with Crippen LogP contribution in [0.3, 0.4) is 0 Å². The number of para-hydroxylation sites is 1. The Bertz CT molecular complexity index is 1320. The summed E-state index contributed by atoms with van der Waals surface area (Å²) in [6, 6.07) is 19.2. The van der Waals surface area contributed by atoms with E-state index < -0.39 is 4.92 Å². The van der Waals surface area contributed by atoms with Gasteiger partial charge in [-0.1, -0.05) is 48.2 Å². The highest BCUT2D eigenvalue weighted by Gasteiger charge is 2.33. The summed E-state index contributed by atoms with van der Waals surface area (Å²) in [7, 11) is 0. The number of thioether (sulfide) groups is 1. The van der Waals surface area contributed by atoms with E-state index in [1.807, 2.05) is 50.2 Å². The van der Waals surface area contributed by atoms with Gasteiger partial charge in [0.2, 0.25) is 0 Å². The largest absolute Gasteiger partial charge is 0.490 e. The van der Waals surface area contributed by atoms with Crippen molar-refractivity contribution in [2.24, 2.45) is 0 Å². The predicted molar refractivity (Wildman–Crippen MR) is 142 cm³/mol. The lowest BCUT2D eigenvalue weighted by Crippen LogP contribution is -2.27. The summed E-state index contributed by atoms with van der Waals surface area (Å²) in [4.78, 5) is 25.7. The third-order valence-corrected chi connectivity index (χ3v) is 6.69. The van der Waals surface area contributed by atoms with Gasteiger partial charge in [0.25, 0.3) is 11.6 Å². The lowest BCUT2D eigenvalue weighted by Gasteiger charge is -2.14. The van der Waals surface area contributed by atoms with Crippen LogP contribution >= 0.6 is 24.0 Å². The standard InChI is InChI=1S/C26H22N2O5S2/c1-17-8-10-22(14-18(17)2)32-12-13-33-23-11-9-21(28(30)31)15-19(23)16-24-25(29)27(26(34)35-24)20-6-4-3-5-7-20/h3-11,14-16H,12-13H2,1-2H3/b24-16-. The first kappa shape index (κ1) is 24.4. The predicted octanol–water partition coefficient (Wildman–Crippen LogP) is 6.08. The van der Waals surface area contributed by atoms with Gasteiger partial charge in [0.15, 0.2) is 4.32 Å². The zero-order valence-electron chi connectivity index (χ0n) is 19.1. The number of carbonyl (C=O) groups is 1. The number of ether oxygens (including phenoxy) is 2. The number of carbonyl (C=O) groups excluding carboxylic acids is 1. The van der Waals surface area contributed by atoms with Crippen molar-refractivity contribution in [2.75, 3.05) is 18.1 Å². The maximum absolute atomic E-state index is 13.1. The number of thiocarbonyl (C=S) groups is 1. The lowest BCUT2D eigenvalue weighted by molar-refractivity contribution is -0.384. The van der Waals surface area contributed by atoms with Gasteiger partial charge in [0.1, 0.15) is 24.7 Å². The summed E-state index contributed by atoms with van der Waals surface area (Å²) < 4.78 is 12.0. The first-order valence-electron chi connectivity index (χ1n) is 10.8. The molecule has 35 heavy (non-hydrogen) atoms. The quantitative estimate of drug-likeness (QED) is 0.120. The van der Waals surface area contributed by atoms with Crippen molar-refractivity contribution in [3.63, 3.8) is 0 Å². The fourth-order valence-corrected chi connectivity index (χ4v) is 4.71. The number of non-ortho nitro benzene ring substituents is 1. The molecule has 3 aromatic carbocycles. The smallest absolute Gasteiger partial charge is 0.270 e. The summed E-state index contributed by atoms with van der Waals surface area (Å²) in [6.07, 6.45) is 1.58. The molecule has 1 saturated heterocycles. The monoisotopic (exact) mass is 506 g/mol. The number of amides is 1. The van der Waals surface area contributed by atoms with Crippen LogP contribution in [-0.4, -0.2) is 28.4 Å². The SMILES string of the molecule is Cc1ccc(OCCOc2ccc([N+](=O)[O-])cc2/C=C2\SC(=S)N(c3ccccc3)C2=O)cc1C. The van der Waals surface area contributed by atoms with Crippen LogP contribution in [0.25, 0.3) is 6.08 Å². The van der Waals surface area contributed by atoms with Crippen molar-refractivity contribution in [1.82, 2.24) is 0 Å². The van der Waals surface area contributed by atoms with Crippen LogP contribution in [0.4, 0.5) is 11.4 Å². The molecule has 0 atom stereocenters. The molecule has 0 saturated carbocycles. The first-order valence-corrected chi connectivity index (χ1v) is 12.0. The third-order valence-electron chi connectivity index (χ3n) is 5.39. The molecule has 178 valence electrons. The molecule has 1 heterocycles. The van der Waals surface area contributed by atoms with E-state index in [4.69, 9.17) is 21.7 Å². The van der Waals surface area contributed by atoms with E-state index in [0.717, 1.165) is 23.1 Å². The molecular formula is C26H22N2O5S2. The summed E-state index contributed by atoms with van der Waals surface area (Å²) >= 11 is 6.55. The number of benzene rings is 3. The Morgan fingerprint density at radius 3 is 2.46 bits per heavy atom. The second kappa shape index (κ2) is 10.7. The minimum absolute atomic E-state index is 0.103. The van der Waals surface area contributed by atoms with Gasteiger partial charge in [-0.15, -0.1) is 0 Å². The van der Waals surface area contributed by atoms with Crippen molar-refractivity contribution in [3.8, 4) is 11.5 Å². The molecule has 0 N–H and O–H groups in total. The second-order valence-corrected chi connectivity index (χ2v) is 9.45. The Balaban J connectivity index is 1.52. The first-order chi connectivity index (χ1) is 16.8. The van der Waals surface area contributed by atoms with Crippen molar-refractivity contribution in [2.45, 2.75) is 13.8 Å². The molecule has 1 amide bonds. The highest BCUT2D eigenvalue weighted by atomic mass is 32.2. The Morgan fingerprint density at radius 1 is 1.00 bits per heavy atom. The van der Waals surface area contributed by atoms with Crippen molar-refractivity contribution in [1.29, 1.82) is 0 Å². The van der Waals surface area contributed by atoms with Gasteiger partial charge in [-0.3, -0.25) is 19.8 Å². The molecule has 1 aliphatic heterocycles. The van der Waals surface area contributed by atoms with Gasteiger partial charge in [-0.25, -0.2) is 0 Å². The second-order valence-electron chi connectivity index (χ2n) is 7.77. The van der Waals surface area contributed by atoms with Gasteiger partial charge in [-0.05, 0) is 61.4 Å². The zero-order valence-corrected chi connectivity index (χ0v) is 20.7. The molecule has 0 radical (unpaired) electrons. The molecule has 1 fully saturated rings. The molecule has 1 aliphatic rings. The van der Waals surface area contributed by atoms with Gasteiger partial charge >= 0.3 is 0 Å². The number of rotatable bonds is 8. The minimum Gasteiger partial charge on any atom is -0.490 e. The van der Waals surface area contributed by atoms with Crippen molar-refractivity contribution >= 4 is 51.7 Å². The van der Waals surface area contributed by atoms with E-state index in [-0.39, 0.29) is 24.8 Å². The molecular weight excluding hydrogens is 484 g/mol. The van der Waals surface area contributed by atoms with Crippen LogP contribution in [0.1, 0.15) is 16.7 Å². The van der Waals surface area contributed by atoms with Gasteiger partial charge in [0.05, 0.1) is 15.5 Å². The molecule has 4 rings (SSSR count). The van der Waals surface area contributed by atoms with Crippen LogP contribution in [0.15, 0.2) is 71.6 Å². The number of nitro benzene ring substituents is 1. The fourth-order valence-electron chi connectivity index (χ4n) is 3.42. The Hall–Kier alpha value is -3.69. The average Bonchev–Trinajstić information content (AvgIpc) is 3.12. The number of nitro groups is 1. The molecule has 0 bridgehead atoms. The molecule has 0 spiro atoms. The molecule has 9 heteroatoms. The van der Waals surface area contributed by atoms with E-state index in [1.54, 1.807) is 18.2 Å². The fraction of sp³-hybridized carbons (Fsp3) is 0.154. The number of nitrogens with zero attached hydrogens (tertiary/aromatic N) is 2. The van der Waals surface area contributed by atoms with Crippen molar-refractivity contribution < 1.29 is 19.2 Å². The Kier molecular flexibility index (Phi) is 7.48. The van der Waals surface area contributed by atoms with E-state index >= 15 is 0 Å². The van der Waals surface area contributed by atoms with Gasteiger partial charge in [-0.2, -0.15) is 0 Å². The van der Waals surface area contributed by atoms with Gasteiger partial charge in [0, 0.05) is 17.7 Å². The average molecular weight is 507 g/mol. The van der Waals surface area contributed by atoms with Crippen LogP contribution in [0.5, 0.6) is 11.5 Å². The summed E-state index contributed by atoms with van der Waals surface area (Å²) in [6.45, 7) is 4.56. The van der Waals surface area contributed by atoms with E-state index in [1.165, 1.54) is 28.7 Å². The Labute approximate surface area is 212 Å². The minimum atomic E-state index is -0.487. The molecule has 0 aliphatic carbocycles. The third kappa shape index (κ3) is 5.70. The molecule has 0 aromatic heterocycles. The summed E-state index contributed by atoms with van der Waals surface area (Å²) in [5, 5.41) is 11.3. The maximum Gasteiger partial charge on any atom is 0.270 e. The van der Waals surface area contributed by atoms with E-state index in [0.29, 0.717) is 26.2 Å². The van der Waals surface area contributed by atoms with Crippen LogP contribution < -0.4 is 14.4 Å². The summed E-state index contributed by atoms with van der Waals surface area (Å²) in [5.74, 6) is 0.858. The molecule has 7 nitrogen and oxygen atoms in total. The number of hydrogen-bond acceptors (Lipinski definition) is 7. The maximum atomic E-state index is 13.1. The van der Waals surface area contributed by atoms with Gasteiger partial charge < -0.3 is 9.47 Å². The normalized spacial score (nSPS) is 14.5. The number of anilines is 1. The lowest BCUT2D eigenvalue weighted by atomic mass is 10.1. The molecule has 0 unspecified atom stereocenters. The zero-order chi connectivity index (χ0) is 24.9. The van der Waals surface area contributed by atoms with Crippen LogP contribution in [0.2, 0.25) is 0 Å². The number of aryl methyl sites for hydroxylation is 2. The van der Waals surface area contributed by atoms with Crippen LogP contribution in [-0.2, 0) is 4.79 Å². The Morgan fingerprint density at radius 2 is 1.74 bits per heavy atom. The number of hydrogen-bond donors (Lipinski definition) is 0. The highest BCUT2D eigenvalue weighted by molar-refractivity contribution is 8.27. The van der Waals surface area contributed by atoms with E-state index in [2.05, 4.69) is 0 Å². The van der Waals surface area contributed by atoms with Crippen molar-refractivity contribution in [3.05, 3.63) is 98.4 Å². The van der Waals surface area contributed by atoms with E-state index in [9.17, 15) is 14.9 Å². The highest BCUT2D eigenvalue weighted by Crippen LogP contribution is 2.37. The molecule has 3 aromatic rings. The summed E-state index contributed by atoms with van der Waals surface area (Å²) in [5.41, 5.74) is 3.29.